The van der Waals surface area contributed by atoms with E-state index in [9.17, 15) is 10.1 Å². The molecule has 0 unspecified atom stereocenters. The summed E-state index contributed by atoms with van der Waals surface area (Å²) in [5, 5.41) is 12.9. The first kappa shape index (κ1) is 16.3. The number of nitriles is 1. The van der Waals surface area contributed by atoms with Crippen molar-refractivity contribution >= 4 is 23.4 Å². The van der Waals surface area contributed by atoms with Crippen LogP contribution in [0.5, 0.6) is 5.75 Å². The van der Waals surface area contributed by atoms with Crippen LogP contribution < -0.4 is 10.1 Å². The summed E-state index contributed by atoms with van der Waals surface area (Å²) < 4.78 is 5.09. The average Bonchev–Trinajstić information content (AvgIpc) is 3.08. The first-order valence-electron chi connectivity index (χ1n) is 7.69. The van der Waals surface area contributed by atoms with Gasteiger partial charge in [-0.25, -0.2) is 4.98 Å². The van der Waals surface area contributed by atoms with Crippen LogP contribution in [0.15, 0.2) is 35.5 Å². The van der Waals surface area contributed by atoms with Gasteiger partial charge in [-0.3, -0.25) is 4.79 Å². The molecule has 5 nitrogen and oxygen atoms in total. The number of hydrogen-bond acceptors (Lipinski definition) is 5. The number of carbonyl (C=O) groups is 1. The second-order valence-corrected chi connectivity index (χ2v) is 6.44. The molecule has 1 aliphatic carbocycles. The lowest BCUT2D eigenvalue weighted by Gasteiger charge is -2.08. The van der Waals surface area contributed by atoms with Crippen molar-refractivity contribution in [1.29, 1.82) is 5.26 Å². The maximum absolute atomic E-state index is 12.1. The lowest BCUT2D eigenvalue weighted by molar-refractivity contribution is -0.113. The van der Waals surface area contributed by atoms with E-state index < -0.39 is 0 Å². The third kappa shape index (κ3) is 3.52. The van der Waals surface area contributed by atoms with Gasteiger partial charge < -0.3 is 10.1 Å². The van der Waals surface area contributed by atoms with Gasteiger partial charge in [-0.15, -0.1) is 0 Å². The summed E-state index contributed by atoms with van der Waals surface area (Å²) in [4.78, 5) is 16.5. The normalized spacial score (nSPS) is 12.3. The zero-order valence-electron chi connectivity index (χ0n) is 13.3. The van der Waals surface area contributed by atoms with Crippen LogP contribution in [0.2, 0.25) is 0 Å². The SMILES string of the molecule is COc1ccc(NC(=O)CSc2ncc3c(c2C#N)CCC3)cc1. The molecule has 3 rings (SSSR count). The summed E-state index contributed by atoms with van der Waals surface area (Å²) in [6, 6.07) is 9.41. The Kier molecular flexibility index (Phi) is 5.02. The predicted octanol–water partition coefficient (Wildman–Crippen LogP) is 3.18. The van der Waals surface area contributed by atoms with Crippen LogP contribution in [0.1, 0.15) is 23.1 Å². The highest BCUT2D eigenvalue weighted by molar-refractivity contribution is 8.00. The number of nitrogens with one attached hydrogen (secondary N) is 1. The molecule has 1 amide bonds. The van der Waals surface area contributed by atoms with Crippen LogP contribution in [0.25, 0.3) is 0 Å². The van der Waals surface area contributed by atoms with Crippen LogP contribution in [-0.4, -0.2) is 23.8 Å². The van der Waals surface area contributed by atoms with Gasteiger partial charge >= 0.3 is 0 Å². The van der Waals surface area contributed by atoms with Gasteiger partial charge in [-0.1, -0.05) is 11.8 Å². The summed E-state index contributed by atoms with van der Waals surface area (Å²) in [6.07, 6.45) is 4.82. The number of ether oxygens (including phenoxy) is 1. The molecule has 122 valence electrons. The van der Waals surface area contributed by atoms with Crippen LogP contribution >= 0.6 is 11.8 Å². The first-order chi connectivity index (χ1) is 11.7. The number of aromatic nitrogens is 1. The highest BCUT2D eigenvalue weighted by Gasteiger charge is 2.19. The summed E-state index contributed by atoms with van der Waals surface area (Å²) in [5.74, 6) is 0.826. The van der Waals surface area contributed by atoms with Crippen LogP contribution in [-0.2, 0) is 17.6 Å². The van der Waals surface area contributed by atoms with E-state index in [1.807, 2.05) is 6.20 Å². The molecule has 0 spiro atoms. The Morgan fingerprint density at radius 2 is 2.17 bits per heavy atom. The number of aryl methyl sites for hydroxylation is 1. The summed E-state index contributed by atoms with van der Waals surface area (Å²) in [5.41, 5.74) is 3.61. The zero-order valence-corrected chi connectivity index (χ0v) is 14.2. The Morgan fingerprint density at radius 3 is 2.88 bits per heavy atom. The van der Waals surface area contributed by atoms with E-state index in [0.29, 0.717) is 16.3 Å². The molecule has 2 aromatic rings. The number of anilines is 1. The topological polar surface area (TPSA) is 75.0 Å². The molecule has 0 saturated carbocycles. The van der Waals surface area contributed by atoms with E-state index in [1.54, 1.807) is 31.4 Å². The highest BCUT2D eigenvalue weighted by atomic mass is 32.2. The molecule has 0 fully saturated rings. The van der Waals surface area contributed by atoms with Crippen molar-refractivity contribution < 1.29 is 9.53 Å². The Morgan fingerprint density at radius 1 is 1.38 bits per heavy atom. The fourth-order valence-corrected chi connectivity index (χ4v) is 3.54. The molecule has 1 aromatic carbocycles. The largest absolute Gasteiger partial charge is 0.497 e. The van der Waals surface area contributed by atoms with Crippen molar-refractivity contribution in [3.8, 4) is 11.8 Å². The number of carbonyl (C=O) groups excluding carboxylic acids is 1. The van der Waals surface area contributed by atoms with Gasteiger partial charge in [0.1, 0.15) is 16.8 Å². The number of pyridine rings is 1. The highest BCUT2D eigenvalue weighted by Crippen LogP contribution is 2.30. The fourth-order valence-electron chi connectivity index (χ4n) is 2.76. The van der Waals surface area contributed by atoms with Gasteiger partial charge in [0, 0.05) is 11.9 Å². The Hall–Kier alpha value is -2.52. The third-order valence-electron chi connectivity index (χ3n) is 3.94. The van der Waals surface area contributed by atoms with Gasteiger partial charge in [-0.2, -0.15) is 5.26 Å². The van der Waals surface area contributed by atoms with Crippen molar-refractivity contribution in [1.82, 2.24) is 4.98 Å². The Bertz CT molecular complexity index is 797. The van der Waals surface area contributed by atoms with E-state index in [-0.39, 0.29) is 11.7 Å². The molecule has 1 heterocycles. The molecular formula is C18H17N3O2S. The van der Waals surface area contributed by atoms with Gasteiger partial charge in [0.15, 0.2) is 0 Å². The van der Waals surface area contributed by atoms with Crippen molar-refractivity contribution in [3.05, 3.63) is 47.2 Å². The van der Waals surface area contributed by atoms with E-state index in [1.165, 1.54) is 17.3 Å². The monoisotopic (exact) mass is 339 g/mol. The maximum atomic E-state index is 12.1. The molecule has 1 aliphatic rings. The average molecular weight is 339 g/mol. The molecule has 0 radical (unpaired) electrons. The molecular weight excluding hydrogens is 322 g/mol. The second kappa shape index (κ2) is 7.37. The van der Waals surface area contributed by atoms with Crippen molar-refractivity contribution in [2.45, 2.75) is 24.3 Å². The predicted molar refractivity (Wildman–Crippen MR) is 93.3 cm³/mol. The number of nitrogens with zero attached hydrogens (tertiary/aromatic N) is 2. The minimum atomic E-state index is -0.128. The Labute approximate surface area is 145 Å². The summed E-state index contributed by atoms with van der Waals surface area (Å²) >= 11 is 1.30. The molecule has 0 aliphatic heterocycles. The van der Waals surface area contributed by atoms with E-state index >= 15 is 0 Å². The Balaban J connectivity index is 1.63. The molecule has 1 aromatic heterocycles. The van der Waals surface area contributed by atoms with Gasteiger partial charge in [0.25, 0.3) is 0 Å². The summed E-state index contributed by atoms with van der Waals surface area (Å²) in [6.45, 7) is 0. The quantitative estimate of drug-likeness (QED) is 0.847. The minimum Gasteiger partial charge on any atom is -0.497 e. The number of amides is 1. The number of benzene rings is 1. The smallest absolute Gasteiger partial charge is 0.234 e. The molecule has 0 atom stereocenters. The summed E-state index contributed by atoms with van der Waals surface area (Å²) in [7, 11) is 1.60. The van der Waals surface area contributed by atoms with Crippen molar-refractivity contribution in [2.24, 2.45) is 0 Å². The van der Waals surface area contributed by atoms with Gasteiger partial charge in [0.2, 0.25) is 5.91 Å². The number of hydrogen-bond donors (Lipinski definition) is 1. The zero-order chi connectivity index (χ0) is 16.9. The lowest BCUT2D eigenvalue weighted by Crippen LogP contribution is -2.14. The standard InChI is InChI=1S/C18H17N3O2S/c1-23-14-7-5-13(6-8-14)21-17(22)11-24-18-16(9-19)15-4-2-3-12(15)10-20-18/h5-8,10H,2-4,11H2,1H3,(H,21,22). The number of methoxy groups -OCH3 is 1. The van der Waals surface area contributed by atoms with E-state index in [2.05, 4.69) is 16.4 Å². The fraction of sp³-hybridized carbons (Fsp3) is 0.278. The maximum Gasteiger partial charge on any atom is 0.234 e. The number of fused-ring (bicyclic) bond motifs is 1. The molecule has 1 N–H and O–H groups in total. The minimum absolute atomic E-state index is 0.128. The van der Waals surface area contributed by atoms with Crippen LogP contribution in [0.4, 0.5) is 5.69 Å². The van der Waals surface area contributed by atoms with Crippen LogP contribution in [0.3, 0.4) is 0 Å². The molecule has 0 saturated heterocycles. The lowest BCUT2D eigenvalue weighted by atomic mass is 10.1. The van der Waals surface area contributed by atoms with Gasteiger partial charge in [-0.05, 0) is 54.7 Å². The van der Waals surface area contributed by atoms with E-state index in [0.717, 1.165) is 30.6 Å². The second-order valence-electron chi connectivity index (χ2n) is 5.47. The van der Waals surface area contributed by atoms with Crippen molar-refractivity contribution in [3.63, 3.8) is 0 Å². The van der Waals surface area contributed by atoms with Crippen molar-refractivity contribution in [2.75, 3.05) is 18.2 Å². The van der Waals surface area contributed by atoms with Crippen LogP contribution in [0, 0.1) is 11.3 Å². The number of thioether (sulfide) groups is 1. The number of rotatable bonds is 5. The van der Waals surface area contributed by atoms with E-state index in [4.69, 9.17) is 4.74 Å². The first-order valence-corrected chi connectivity index (χ1v) is 8.67. The molecule has 6 heteroatoms. The molecule has 24 heavy (non-hydrogen) atoms. The molecule has 0 bridgehead atoms. The van der Waals surface area contributed by atoms with Gasteiger partial charge in [0.05, 0.1) is 18.4 Å². The third-order valence-corrected chi connectivity index (χ3v) is 4.93.